The van der Waals surface area contributed by atoms with Gasteiger partial charge in [0, 0.05) is 16.1 Å². The van der Waals surface area contributed by atoms with Gasteiger partial charge in [0.25, 0.3) is 5.91 Å². The van der Waals surface area contributed by atoms with Crippen LogP contribution in [0.2, 0.25) is 5.02 Å². The van der Waals surface area contributed by atoms with Crippen LogP contribution in [0.1, 0.15) is 27.0 Å². The average molecular weight is 303 g/mol. The SMILES string of the molecule is Cc1cc(C)c(O)c(/C=N/NC(=O)c2ccc(Cl)cc2)c1. The summed E-state index contributed by atoms with van der Waals surface area (Å²) in [5.41, 5.74) is 5.20. The largest absolute Gasteiger partial charge is 0.507 e. The molecule has 0 heterocycles. The van der Waals surface area contributed by atoms with E-state index in [1.807, 2.05) is 19.9 Å². The molecule has 5 heteroatoms. The van der Waals surface area contributed by atoms with Crippen LogP contribution in [0, 0.1) is 13.8 Å². The van der Waals surface area contributed by atoms with Gasteiger partial charge in [0.2, 0.25) is 0 Å². The number of hydrogen-bond donors (Lipinski definition) is 2. The monoisotopic (exact) mass is 302 g/mol. The van der Waals surface area contributed by atoms with Crippen LogP contribution in [0.25, 0.3) is 0 Å². The summed E-state index contributed by atoms with van der Waals surface area (Å²) < 4.78 is 0. The number of amides is 1. The summed E-state index contributed by atoms with van der Waals surface area (Å²) in [4.78, 5) is 11.8. The molecule has 0 aliphatic heterocycles. The van der Waals surface area contributed by atoms with Crippen LogP contribution in [0.4, 0.5) is 0 Å². The Labute approximate surface area is 128 Å². The van der Waals surface area contributed by atoms with Crippen molar-refractivity contribution >= 4 is 23.7 Å². The zero-order valence-corrected chi connectivity index (χ0v) is 12.5. The first-order chi connectivity index (χ1) is 9.97. The number of nitrogens with one attached hydrogen (secondary N) is 1. The molecule has 2 aromatic rings. The van der Waals surface area contributed by atoms with Crippen LogP contribution in [-0.4, -0.2) is 17.2 Å². The molecule has 0 atom stereocenters. The lowest BCUT2D eigenvalue weighted by atomic mass is 10.1. The molecule has 2 aromatic carbocycles. The fraction of sp³-hybridized carbons (Fsp3) is 0.125. The molecule has 2 N–H and O–H groups in total. The Bertz CT molecular complexity index is 694. The molecule has 0 aliphatic carbocycles. The number of aryl methyl sites for hydroxylation is 2. The van der Waals surface area contributed by atoms with E-state index in [2.05, 4.69) is 10.5 Å². The minimum absolute atomic E-state index is 0.157. The minimum atomic E-state index is -0.341. The van der Waals surface area contributed by atoms with E-state index in [0.29, 0.717) is 16.1 Å². The molecular formula is C16H15ClN2O2. The number of rotatable bonds is 3. The molecule has 21 heavy (non-hydrogen) atoms. The first-order valence-corrected chi connectivity index (χ1v) is 6.74. The molecule has 0 aromatic heterocycles. The van der Waals surface area contributed by atoms with Crippen molar-refractivity contribution in [3.8, 4) is 5.75 Å². The number of hydrogen-bond acceptors (Lipinski definition) is 3. The number of nitrogens with zero attached hydrogens (tertiary/aromatic N) is 1. The summed E-state index contributed by atoms with van der Waals surface area (Å²) in [5, 5.41) is 14.3. The Morgan fingerprint density at radius 3 is 2.57 bits per heavy atom. The predicted octanol–water partition coefficient (Wildman–Crippen LogP) is 3.43. The predicted molar refractivity (Wildman–Crippen MR) is 84.1 cm³/mol. The summed E-state index contributed by atoms with van der Waals surface area (Å²) in [7, 11) is 0. The van der Waals surface area contributed by atoms with Gasteiger partial charge in [-0.15, -0.1) is 0 Å². The van der Waals surface area contributed by atoms with Gasteiger partial charge in [-0.25, -0.2) is 5.43 Å². The molecule has 0 unspecified atom stereocenters. The number of carbonyl (C=O) groups excluding carboxylic acids is 1. The minimum Gasteiger partial charge on any atom is -0.507 e. The van der Waals surface area contributed by atoms with Gasteiger partial charge in [0.05, 0.1) is 6.21 Å². The zero-order chi connectivity index (χ0) is 15.4. The van der Waals surface area contributed by atoms with E-state index in [1.165, 1.54) is 6.21 Å². The Hall–Kier alpha value is -2.33. The second kappa shape index (κ2) is 6.41. The Morgan fingerprint density at radius 1 is 1.24 bits per heavy atom. The van der Waals surface area contributed by atoms with Gasteiger partial charge >= 0.3 is 0 Å². The van der Waals surface area contributed by atoms with Crippen molar-refractivity contribution in [1.82, 2.24) is 5.43 Å². The zero-order valence-electron chi connectivity index (χ0n) is 11.7. The number of phenols is 1. The van der Waals surface area contributed by atoms with E-state index >= 15 is 0 Å². The van der Waals surface area contributed by atoms with Crippen LogP contribution in [0.3, 0.4) is 0 Å². The summed E-state index contributed by atoms with van der Waals surface area (Å²) in [5.74, 6) is -0.183. The molecule has 4 nitrogen and oxygen atoms in total. The lowest BCUT2D eigenvalue weighted by Crippen LogP contribution is -2.17. The first-order valence-electron chi connectivity index (χ1n) is 6.36. The van der Waals surface area contributed by atoms with Crippen molar-refractivity contribution in [1.29, 1.82) is 0 Å². The molecule has 0 spiro atoms. The van der Waals surface area contributed by atoms with Crippen molar-refractivity contribution in [3.63, 3.8) is 0 Å². The highest BCUT2D eigenvalue weighted by molar-refractivity contribution is 6.30. The molecule has 0 saturated carbocycles. The van der Waals surface area contributed by atoms with Crippen molar-refractivity contribution in [3.05, 3.63) is 63.7 Å². The highest BCUT2D eigenvalue weighted by atomic mass is 35.5. The maximum atomic E-state index is 11.8. The number of carbonyl (C=O) groups is 1. The highest BCUT2D eigenvalue weighted by Gasteiger charge is 2.05. The number of aromatic hydroxyl groups is 1. The standard InChI is InChI=1S/C16H15ClN2O2/c1-10-7-11(2)15(20)13(8-10)9-18-19-16(21)12-3-5-14(17)6-4-12/h3-9,20H,1-2H3,(H,19,21)/b18-9+. The summed E-state index contributed by atoms with van der Waals surface area (Å²) in [6.07, 6.45) is 1.42. The molecule has 0 aliphatic rings. The van der Waals surface area contributed by atoms with E-state index in [9.17, 15) is 9.90 Å². The van der Waals surface area contributed by atoms with Gasteiger partial charge in [-0.1, -0.05) is 17.7 Å². The van der Waals surface area contributed by atoms with E-state index < -0.39 is 0 Å². The van der Waals surface area contributed by atoms with Crippen LogP contribution in [-0.2, 0) is 0 Å². The molecule has 0 saturated heterocycles. The maximum Gasteiger partial charge on any atom is 0.271 e. The fourth-order valence-electron chi connectivity index (χ4n) is 1.92. The number of phenolic OH excluding ortho intramolecular Hbond substituents is 1. The van der Waals surface area contributed by atoms with E-state index in [-0.39, 0.29) is 11.7 Å². The molecule has 0 radical (unpaired) electrons. The quantitative estimate of drug-likeness (QED) is 0.674. The lowest BCUT2D eigenvalue weighted by molar-refractivity contribution is 0.0955. The lowest BCUT2D eigenvalue weighted by Gasteiger charge is -2.05. The Kier molecular flexibility index (Phi) is 4.60. The fourth-order valence-corrected chi connectivity index (χ4v) is 2.04. The number of benzene rings is 2. The first kappa shape index (κ1) is 15.1. The molecular weight excluding hydrogens is 288 g/mol. The van der Waals surface area contributed by atoms with Crippen molar-refractivity contribution in [2.45, 2.75) is 13.8 Å². The third kappa shape index (κ3) is 3.83. The van der Waals surface area contributed by atoms with Gasteiger partial charge in [0.15, 0.2) is 0 Å². The van der Waals surface area contributed by atoms with E-state index in [1.54, 1.807) is 30.3 Å². The highest BCUT2D eigenvalue weighted by Crippen LogP contribution is 2.21. The smallest absolute Gasteiger partial charge is 0.271 e. The summed E-state index contributed by atoms with van der Waals surface area (Å²) in [6.45, 7) is 3.74. The Balaban J connectivity index is 2.09. The molecule has 0 fully saturated rings. The average Bonchev–Trinajstić information content (AvgIpc) is 2.44. The second-order valence-corrected chi connectivity index (χ2v) is 5.16. The normalized spacial score (nSPS) is 10.8. The van der Waals surface area contributed by atoms with Gasteiger partial charge < -0.3 is 5.11 Å². The maximum absolute atomic E-state index is 11.8. The molecule has 0 bridgehead atoms. The summed E-state index contributed by atoms with van der Waals surface area (Å²) >= 11 is 5.76. The van der Waals surface area contributed by atoms with Crippen molar-refractivity contribution < 1.29 is 9.90 Å². The van der Waals surface area contributed by atoms with Crippen molar-refractivity contribution in [2.75, 3.05) is 0 Å². The van der Waals surface area contributed by atoms with Gasteiger partial charge in [0.1, 0.15) is 5.75 Å². The second-order valence-electron chi connectivity index (χ2n) is 4.73. The van der Waals surface area contributed by atoms with Crippen LogP contribution < -0.4 is 5.43 Å². The molecule has 1 amide bonds. The van der Waals surface area contributed by atoms with E-state index in [0.717, 1.165) is 11.1 Å². The van der Waals surface area contributed by atoms with Crippen LogP contribution >= 0.6 is 11.6 Å². The van der Waals surface area contributed by atoms with Gasteiger partial charge in [-0.2, -0.15) is 5.10 Å². The van der Waals surface area contributed by atoms with Crippen molar-refractivity contribution in [2.24, 2.45) is 5.10 Å². The van der Waals surface area contributed by atoms with Crippen LogP contribution in [0.5, 0.6) is 5.75 Å². The van der Waals surface area contributed by atoms with Crippen LogP contribution in [0.15, 0.2) is 41.5 Å². The molecule has 108 valence electrons. The Morgan fingerprint density at radius 2 is 1.90 bits per heavy atom. The van der Waals surface area contributed by atoms with Gasteiger partial charge in [-0.3, -0.25) is 4.79 Å². The summed E-state index contributed by atoms with van der Waals surface area (Å²) in [6, 6.07) is 10.2. The number of halogens is 1. The van der Waals surface area contributed by atoms with E-state index in [4.69, 9.17) is 11.6 Å². The molecule has 2 rings (SSSR count). The third-order valence-electron chi connectivity index (χ3n) is 2.95. The third-order valence-corrected chi connectivity index (χ3v) is 3.20. The van der Waals surface area contributed by atoms with Gasteiger partial charge in [-0.05, 0) is 55.3 Å². The number of hydrazone groups is 1. The topological polar surface area (TPSA) is 61.7 Å².